The predicted molar refractivity (Wildman–Crippen MR) is 77.6 cm³/mol. The van der Waals surface area contributed by atoms with Gasteiger partial charge in [0.25, 0.3) is 0 Å². The second kappa shape index (κ2) is 8.36. The Bertz CT molecular complexity index is 634. The predicted octanol–water partition coefficient (Wildman–Crippen LogP) is -1.97. The first-order valence-corrected chi connectivity index (χ1v) is 6.41. The summed E-state index contributed by atoms with van der Waals surface area (Å²) in [6.45, 7) is 2.01. The monoisotopic (exact) mass is 338 g/mol. The van der Waals surface area contributed by atoms with Gasteiger partial charge in [0.2, 0.25) is 5.51 Å². The number of thiazole rings is 1. The van der Waals surface area contributed by atoms with Crippen LogP contribution in [0.15, 0.2) is 11.7 Å². The molecule has 0 atom stereocenters. The summed E-state index contributed by atoms with van der Waals surface area (Å²) in [6, 6.07) is 0. The lowest BCUT2D eigenvalue weighted by Gasteiger charge is -2.01. The van der Waals surface area contributed by atoms with Crippen molar-refractivity contribution in [3.05, 3.63) is 33.7 Å². The summed E-state index contributed by atoms with van der Waals surface area (Å²) in [6.07, 6.45) is 1.68. The third-order valence-electron chi connectivity index (χ3n) is 2.76. The van der Waals surface area contributed by atoms with E-state index in [-0.39, 0.29) is 31.2 Å². The molecule has 2 aromatic rings. The van der Waals surface area contributed by atoms with E-state index < -0.39 is 6.56 Å². The molecule has 0 unspecified atom stereocenters. The van der Waals surface area contributed by atoms with Gasteiger partial charge in [0.05, 0.1) is 13.2 Å². The first kappa shape index (κ1) is 15.4. The number of hydrogen-bond acceptors (Lipinski definition) is 5. The smallest absolute Gasteiger partial charge is 0.225 e. The van der Waals surface area contributed by atoms with E-state index in [0.717, 1.165) is 16.1 Å². The second-order valence-electron chi connectivity index (χ2n) is 4.02. The number of anilines is 1. The fourth-order valence-corrected chi connectivity index (χ4v) is 2.59. The molecule has 0 aromatic carbocycles. The number of aromatic nitrogens is 3. The van der Waals surface area contributed by atoms with Gasteiger partial charge in [-0.1, -0.05) is 11.3 Å². The largest absolute Gasteiger partial charge is 1.00 e. The van der Waals surface area contributed by atoms with Crippen LogP contribution in [-0.2, 0) is 13.0 Å². The molecule has 0 saturated carbocycles. The third-order valence-corrected chi connectivity index (χ3v) is 3.84. The summed E-state index contributed by atoms with van der Waals surface area (Å²) in [5.74, 6) is 1.09. The van der Waals surface area contributed by atoms with Gasteiger partial charge < -0.3 is 23.2 Å². The minimum absolute atomic E-state index is 0. The molecule has 0 aliphatic rings. The Hall–Kier alpha value is -0.950. The standard InChI is InChI=1S/C12H17N4OS.2ClH/c1-8-11(3-4-17)18-7-16(8)6-10-5-14-9(2)15-12(10)13;;/h5,7,17H,3-4,6H2,1-2H3,(H2,13,14,15);2*1H/q+1;;/p-1/i4D2;;. The van der Waals surface area contributed by atoms with Gasteiger partial charge in [-0.2, -0.15) is 4.57 Å². The summed E-state index contributed by atoms with van der Waals surface area (Å²) in [5.41, 5.74) is 9.48. The van der Waals surface area contributed by atoms with Crippen LogP contribution in [0.2, 0.25) is 0 Å². The van der Waals surface area contributed by atoms with Gasteiger partial charge in [-0.15, -0.1) is 12.4 Å². The van der Waals surface area contributed by atoms with Gasteiger partial charge in [-0.05, 0) is 6.92 Å². The molecule has 0 spiro atoms. The summed E-state index contributed by atoms with van der Waals surface area (Å²) in [4.78, 5) is 9.06. The zero-order chi connectivity index (χ0) is 14.9. The average molecular weight is 339 g/mol. The molecular weight excluding hydrogens is 319 g/mol. The lowest BCUT2D eigenvalue weighted by Crippen LogP contribution is -3.00. The quantitative estimate of drug-likeness (QED) is 0.634. The van der Waals surface area contributed by atoms with Crippen LogP contribution in [0.4, 0.5) is 5.82 Å². The van der Waals surface area contributed by atoms with E-state index in [1.165, 1.54) is 11.3 Å². The van der Waals surface area contributed by atoms with Crippen LogP contribution in [0.25, 0.3) is 0 Å². The van der Waals surface area contributed by atoms with Crippen LogP contribution in [0.1, 0.15) is 24.7 Å². The highest BCUT2D eigenvalue weighted by atomic mass is 35.5. The Morgan fingerprint density at radius 1 is 1.50 bits per heavy atom. The number of nitrogens with two attached hydrogens (primary N) is 1. The van der Waals surface area contributed by atoms with Crippen molar-refractivity contribution in [1.82, 2.24) is 9.97 Å². The van der Waals surface area contributed by atoms with Crippen molar-refractivity contribution in [2.45, 2.75) is 26.8 Å². The van der Waals surface area contributed by atoms with Gasteiger partial charge >= 0.3 is 0 Å². The maximum absolute atomic E-state index is 9.26. The molecule has 2 rings (SSSR count). The third kappa shape index (κ3) is 4.28. The van der Waals surface area contributed by atoms with E-state index in [4.69, 9.17) is 8.48 Å². The number of rotatable bonds is 4. The molecule has 8 heteroatoms. The van der Waals surface area contributed by atoms with Gasteiger partial charge in [-0.3, -0.25) is 0 Å². The van der Waals surface area contributed by atoms with E-state index in [1.54, 1.807) is 13.1 Å². The van der Waals surface area contributed by atoms with Gasteiger partial charge in [0.15, 0.2) is 12.2 Å². The van der Waals surface area contributed by atoms with Crippen molar-refractivity contribution in [2.75, 3.05) is 12.3 Å². The summed E-state index contributed by atoms with van der Waals surface area (Å²) < 4.78 is 16.4. The lowest BCUT2D eigenvalue weighted by molar-refractivity contribution is -0.689. The minimum atomic E-state index is -2.19. The molecule has 0 amide bonds. The van der Waals surface area contributed by atoms with Crippen molar-refractivity contribution >= 4 is 29.6 Å². The lowest BCUT2D eigenvalue weighted by atomic mass is 10.2. The average Bonchev–Trinajstić information content (AvgIpc) is 2.63. The maximum atomic E-state index is 9.26. The fraction of sp³-hybridized carbons (Fsp3) is 0.417. The number of hydrogen-bond donors (Lipinski definition) is 2. The SMILES string of the molecule is Cl.[2H]C([2H])(O)Cc1sc[n+](Cc2cnc(C)nc2N)c1C.[Cl-]. The van der Waals surface area contributed by atoms with Crippen LogP contribution < -0.4 is 22.7 Å². The van der Waals surface area contributed by atoms with Crippen molar-refractivity contribution < 1.29 is 24.8 Å². The highest BCUT2D eigenvalue weighted by Gasteiger charge is 2.16. The van der Waals surface area contributed by atoms with Crippen LogP contribution >= 0.6 is 23.7 Å². The number of nitrogen functional groups attached to an aromatic ring is 1. The molecule has 112 valence electrons. The van der Waals surface area contributed by atoms with Gasteiger partial charge in [-0.25, -0.2) is 9.97 Å². The Morgan fingerprint density at radius 3 is 2.80 bits per heavy atom. The molecule has 2 heterocycles. The molecule has 2 aromatic heterocycles. The molecule has 0 radical (unpaired) electrons. The maximum Gasteiger partial charge on any atom is 0.225 e. The second-order valence-corrected chi connectivity index (χ2v) is 4.96. The topological polar surface area (TPSA) is 75.9 Å². The highest BCUT2D eigenvalue weighted by molar-refractivity contribution is 7.09. The van der Waals surface area contributed by atoms with Gasteiger partial charge in [0, 0.05) is 26.1 Å². The van der Waals surface area contributed by atoms with Crippen LogP contribution in [-0.4, -0.2) is 21.6 Å². The van der Waals surface area contributed by atoms with Gasteiger partial charge in [0.1, 0.15) is 11.6 Å². The van der Waals surface area contributed by atoms with Crippen LogP contribution in [0, 0.1) is 13.8 Å². The number of aryl methyl sites for hydroxylation is 2. The first-order chi connectivity index (χ1) is 9.26. The molecule has 0 aliphatic carbocycles. The number of halogens is 2. The van der Waals surface area contributed by atoms with Crippen LogP contribution in [0.3, 0.4) is 0 Å². The van der Waals surface area contributed by atoms with Crippen molar-refractivity contribution in [1.29, 1.82) is 0 Å². The van der Waals surface area contributed by atoms with Crippen molar-refractivity contribution in [3.8, 4) is 0 Å². The van der Waals surface area contributed by atoms with E-state index in [1.807, 2.05) is 17.0 Å². The summed E-state index contributed by atoms with van der Waals surface area (Å²) >= 11 is 1.41. The minimum Gasteiger partial charge on any atom is -1.00 e. The van der Waals surface area contributed by atoms with E-state index in [2.05, 4.69) is 9.97 Å². The zero-order valence-corrected chi connectivity index (χ0v) is 13.5. The Kier molecular flexibility index (Phi) is 6.46. The summed E-state index contributed by atoms with van der Waals surface area (Å²) in [5, 5.41) is 9.26. The zero-order valence-electron chi connectivity index (χ0n) is 13.1. The fourth-order valence-electron chi connectivity index (χ4n) is 1.67. The molecule has 0 saturated heterocycles. The Labute approximate surface area is 137 Å². The first-order valence-electron chi connectivity index (χ1n) is 6.53. The van der Waals surface area contributed by atoms with E-state index in [9.17, 15) is 5.11 Å². The Balaban J connectivity index is 0.00000220. The molecular formula is C12H18Cl2N4OS. The van der Waals surface area contributed by atoms with E-state index in [0.29, 0.717) is 18.2 Å². The van der Waals surface area contributed by atoms with Crippen molar-refractivity contribution in [2.24, 2.45) is 0 Å². The summed E-state index contributed by atoms with van der Waals surface area (Å²) in [7, 11) is 0. The van der Waals surface area contributed by atoms with Crippen LogP contribution in [0.5, 0.6) is 0 Å². The molecule has 20 heavy (non-hydrogen) atoms. The molecule has 3 N–H and O–H groups in total. The number of nitrogens with zero attached hydrogens (tertiary/aromatic N) is 3. The molecule has 0 bridgehead atoms. The highest BCUT2D eigenvalue weighted by Crippen LogP contribution is 2.13. The normalized spacial score (nSPS) is 11.9. The molecule has 5 nitrogen and oxygen atoms in total. The van der Waals surface area contributed by atoms with Crippen molar-refractivity contribution in [3.63, 3.8) is 0 Å². The molecule has 0 aliphatic heterocycles. The Morgan fingerprint density at radius 2 is 2.20 bits per heavy atom. The van der Waals surface area contributed by atoms with E-state index >= 15 is 0 Å². The molecule has 0 fully saturated rings. The number of aliphatic hydroxyl groups is 1.